The Balaban J connectivity index is 2.92. The molecule has 5 heteroatoms. The summed E-state index contributed by atoms with van der Waals surface area (Å²) >= 11 is 0. The molecule has 0 saturated carbocycles. The number of ether oxygens (including phenoxy) is 1. The lowest BCUT2D eigenvalue weighted by Gasteiger charge is -2.04. The first-order valence-corrected chi connectivity index (χ1v) is 5.68. The van der Waals surface area contributed by atoms with Gasteiger partial charge in [0.05, 0.1) is 33.6 Å². The largest absolute Gasteiger partial charge is 0.478 e. The molecule has 0 aliphatic heterocycles. The van der Waals surface area contributed by atoms with Gasteiger partial charge in [-0.1, -0.05) is 12.1 Å². The van der Waals surface area contributed by atoms with Crippen molar-refractivity contribution in [3.05, 3.63) is 29.8 Å². The summed E-state index contributed by atoms with van der Waals surface area (Å²) in [6, 6.07) is 6.30. The minimum absolute atomic E-state index is 0.0898. The Morgan fingerprint density at radius 2 is 2.13 bits per heavy atom. The molecule has 15 heavy (non-hydrogen) atoms. The highest BCUT2D eigenvalue weighted by atomic mass is 32.2. The topological polar surface area (TPSA) is 63.6 Å². The fourth-order valence-electron chi connectivity index (χ4n) is 1.11. The highest BCUT2D eigenvalue weighted by Crippen LogP contribution is 2.13. The number of rotatable bonds is 5. The fraction of sp³-hybridized carbons (Fsp3) is 0.300. The Morgan fingerprint density at radius 3 is 2.73 bits per heavy atom. The molecule has 82 valence electrons. The van der Waals surface area contributed by atoms with Gasteiger partial charge in [-0.3, -0.25) is 4.21 Å². The van der Waals surface area contributed by atoms with Gasteiger partial charge in [0.25, 0.3) is 0 Å². The van der Waals surface area contributed by atoms with Crippen LogP contribution >= 0.6 is 0 Å². The number of hydrogen-bond acceptors (Lipinski definition) is 3. The van der Waals surface area contributed by atoms with Gasteiger partial charge in [-0.25, -0.2) is 4.79 Å². The predicted octanol–water partition coefficient (Wildman–Crippen LogP) is 1.14. The number of benzene rings is 1. The van der Waals surface area contributed by atoms with Gasteiger partial charge >= 0.3 is 5.97 Å². The van der Waals surface area contributed by atoms with Crippen LogP contribution in [0.15, 0.2) is 29.2 Å². The third-order valence-electron chi connectivity index (χ3n) is 1.84. The van der Waals surface area contributed by atoms with Gasteiger partial charge in [0.15, 0.2) is 0 Å². The molecule has 0 saturated heterocycles. The van der Waals surface area contributed by atoms with Crippen molar-refractivity contribution in [2.24, 2.45) is 0 Å². The Morgan fingerprint density at radius 1 is 1.47 bits per heavy atom. The highest BCUT2D eigenvalue weighted by Gasteiger charge is 2.13. The Hall–Kier alpha value is -1.20. The van der Waals surface area contributed by atoms with Crippen LogP contribution in [0.25, 0.3) is 0 Å². The molecule has 1 rings (SSSR count). The molecule has 1 aromatic rings. The van der Waals surface area contributed by atoms with E-state index >= 15 is 0 Å². The number of carboxylic acids is 1. The molecule has 1 unspecified atom stereocenters. The van der Waals surface area contributed by atoms with Crippen LogP contribution in [0.4, 0.5) is 0 Å². The SMILES string of the molecule is COCCS(=O)c1ccccc1C(=O)O. The lowest BCUT2D eigenvalue weighted by Crippen LogP contribution is -2.09. The smallest absolute Gasteiger partial charge is 0.336 e. The second-order valence-corrected chi connectivity index (χ2v) is 4.38. The molecule has 0 fully saturated rings. The normalized spacial score (nSPS) is 12.3. The molecule has 1 aromatic carbocycles. The summed E-state index contributed by atoms with van der Waals surface area (Å²) in [5.74, 6) is -0.753. The summed E-state index contributed by atoms with van der Waals surface area (Å²) in [7, 11) is 0.193. The monoisotopic (exact) mass is 228 g/mol. The van der Waals surface area contributed by atoms with Crippen LogP contribution in [0.1, 0.15) is 10.4 Å². The van der Waals surface area contributed by atoms with Crippen LogP contribution in [0.5, 0.6) is 0 Å². The Kier molecular flexibility index (Phi) is 4.45. The summed E-state index contributed by atoms with van der Waals surface area (Å²) in [4.78, 5) is 11.2. The van der Waals surface area contributed by atoms with E-state index in [4.69, 9.17) is 9.84 Å². The van der Waals surface area contributed by atoms with Gasteiger partial charge in [-0.05, 0) is 12.1 Å². The van der Waals surface area contributed by atoms with Crippen molar-refractivity contribution < 1.29 is 18.8 Å². The Bertz CT molecular complexity index is 375. The molecular weight excluding hydrogens is 216 g/mol. The summed E-state index contributed by atoms with van der Waals surface area (Å²) in [5.41, 5.74) is 0.0898. The van der Waals surface area contributed by atoms with Gasteiger partial charge in [0.1, 0.15) is 0 Å². The minimum Gasteiger partial charge on any atom is -0.478 e. The average Bonchev–Trinajstić information content (AvgIpc) is 2.25. The molecule has 1 N–H and O–H groups in total. The number of carboxylic acid groups (broad SMARTS) is 1. The molecule has 0 aliphatic carbocycles. The van der Waals surface area contributed by atoms with E-state index in [2.05, 4.69) is 0 Å². The van der Waals surface area contributed by atoms with E-state index in [0.29, 0.717) is 17.3 Å². The first-order valence-electron chi connectivity index (χ1n) is 4.36. The summed E-state index contributed by atoms with van der Waals surface area (Å²) < 4.78 is 16.5. The predicted molar refractivity (Wildman–Crippen MR) is 56.6 cm³/mol. The number of hydrogen-bond donors (Lipinski definition) is 1. The molecule has 0 aromatic heterocycles. The van der Waals surface area contributed by atoms with E-state index in [-0.39, 0.29) is 5.56 Å². The number of carbonyl (C=O) groups is 1. The van der Waals surface area contributed by atoms with Crippen molar-refractivity contribution in [3.8, 4) is 0 Å². The second kappa shape index (κ2) is 5.63. The van der Waals surface area contributed by atoms with Crippen LogP contribution in [0.3, 0.4) is 0 Å². The molecule has 4 nitrogen and oxygen atoms in total. The lowest BCUT2D eigenvalue weighted by atomic mass is 10.2. The maximum Gasteiger partial charge on any atom is 0.336 e. The summed E-state index contributed by atoms with van der Waals surface area (Å²) in [6.45, 7) is 0.348. The van der Waals surface area contributed by atoms with Crippen molar-refractivity contribution in [1.29, 1.82) is 0 Å². The molecule has 0 heterocycles. The molecule has 0 bridgehead atoms. The zero-order chi connectivity index (χ0) is 11.3. The fourth-order valence-corrected chi connectivity index (χ4v) is 2.28. The van der Waals surface area contributed by atoms with Crippen LogP contribution < -0.4 is 0 Å². The van der Waals surface area contributed by atoms with E-state index in [1.165, 1.54) is 13.2 Å². The maximum absolute atomic E-state index is 11.7. The second-order valence-electron chi connectivity index (χ2n) is 2.84. The zero-order valence-electron chi connectivity index (χ0n) is 8.30. The summed E-state index contributed by atoms with van der Waals surface area (Å²) in [5, 5.41) is 8.87. The van der Waals surface area contributed by atoms with Gasteiger partial charge in [0, 0.05) is 7.11 Å². The number of aromatic carboxylic acids is 1. The van der Waals surface area contributed by atoms with E-state index in [0.717, 1.165) is 0 Å². The number of methoxy groups -OCH3 is 1. The van der Waals surface area contributed by atoms with Crippen LogP contribution in [-0.4, -0.2) is 34.8 Å². The average molecular weight is 228 g/mol. The third kappa shape index (κ3) is 3.14. The molecule has 0 spiro atoms. The Labute approximate surface area is 90.3 Å². The molecule has 0 amide bonds. The lowest BCUT2D eigenvalue weighted by molar-refractivity contribution is 0.0693. The van der Waals surface area contributed by atoms with Crippen LogP contribution in [0.2, 0.25) is 0 Å². The van der Waals surface area contributed by atoms with E-state index in [1.807, 2.05) is 0 Å². The first-order chi connectivity index (χ1) is 7.16. The highest BCUT2D eigenvalue weighted by molar-refractivity contribution is 7.85. The third-order valence-corrected chi connectivity index (χ3v) is 3.22. The molecule has 0 radical (unpaired) electrons. The standard InChI is InChI=1S/C10H12O4S/c1-14-6-7-15(13)9-5-3-2-4-8(9)10(11)12/h2-5H,6-7H2,1H3,(H,11,12). The van der Waals surface area contributed by atoms with Crippen molar-refractivity contribution >= 4 is 16.8 Å². The van der Waals surface area contributed by atoms with E-state index < -0.39 is 16.8 Å². The van der Waals surface area contributed by atoms with Crippen LogP contribution in [0, 0.1) is 0 Å². The van der Waals surface area contributed by atoms with Crippen molar-refractivity contribution in [2.45, 2.75) is 4.90 Å². The van der Waals surface area contributed by atoms with Crippen LogP contribution in [-0.2, 0) is 15.5 Å². The molecule has 0 aliphatic rings. The van der Waals surface area contributed by atoms with Crippen molar-refractivity contribution in [1.82, 2.24) is 0 Å². The zero-order valence-corrected chi connectivity index (χ0v) is 9.12. The maximum atomic E-state index is 11.7. The molecular formula is C10H12O4S. The van der Waals surface area contributed by atoms with Gasteiger partial charge < -0.3 is 9.84 Å². The van der Waals surface area contributed by atoms with E-state index in [1.54, 1.807) is 18.2 Å². The van der Waals surface area contributed by atoms with Gasteiger partial charge in [-0.15, -0.1) is 0 Å². The first kappa shape index (κ1) is 11.9. The molecule has 1 atom stereocenters. The van der Waals surface area contributed by atoms with E-state index in [9.17, 15) is 9.00 Å². The summed E-state index contributed by atoms with van der Waals surface area (Å²) in [6.07, 6.45) is 0. The quantitative estimate of drug-likeness (QED) is 0.820. The van der Waals surface area contributed by atoms with Gasteiger partial charge in [0.2, 0.25) is 0 Å². The van der Waals surface area contributed by atoms with Gasteiger partial charge in [-0.2, -0.15) is 0 Å². The van der Waals surface area contributed by atoms with Crippen molar-refractivity contribution in [3.63, 3.8) is 0 Å². The van der Waals surface area contributed by atoms with Crippen molar-refractivity contribution in [2.75, 3.05) is 19.5 Å². The minimum atomic E-state index is -1.32.